The van der Waals surface area contributed by atoms with Crippen LogP contribution in [-0.4, -0.2) is 49.2 Å². The van der Waals surface area contributed by atoms with E-state index >= 15 is 0 Å². The minimum Gasteiger partial charge on any atom is -0.465 e. The lowest BCUT2D eigenvalue weighted by Gasteiger charge is -2.20. The van der Waals surface area contributed by atoms with E-state index in [0.29, 0.717) is 13.0 Å². The average molecular weight is 708 g/mol. The van der Waals surface area contributed by atoms with Gasteiger partial charge in [0.1, 0.15) is 6.10 Å². The van der Waals surface area contributed by atoms with Gasteiger partial charge in [-0.2, -0.15) is 0 Å². The van der Waals surface area contributed by atoms with Crippen molar-refractivity contribution >= 4 is 11.9 Å². The molecule has 0 aromatic heterocycles. The lowest BCUT2D eigenvalue weighted by Crippen LogP contribution is -2.25. The number of nitrogens with zero attached hydrogens (tertiary/aromatic N) is 1. The zero-order chi connectivity index (χ0) is 36.8. The first kappa shape index (κ1) is 48.9. The Morgan fingerprint density at radius 1 is 0.480 bits per heavy atom. The van der Waals surface area contributed by atoms with Gasteiger partial charge in [0, 0.05) is 6.42 Å². The molecule has 50 heavy (non-hydrogen) atoms. The molecular formula is C45H89NO4. The molecular weight excluding hydrogens is 618 g/mol. The van der Waals surface area contributed by atoms with E-state index in [1.165, 1.54) is 167 Å². The molecule has 0 aliphatic rings. The molecule has 0 heterocycles. The van der Waals surface area contributed by atoms with E-state index in [9.17, 15) is 9.59 Å². The van der Waals surface area contributed by atoms with Gasteiger partial charge in [-0.1, -0.05) is 176 Å². The highest BCUT2D eigenvalue weighted by molar-refractivity contribution is 5.71. The number of carbonyl (C=O) groups excluding carboxylic acids is 2. The zero-order valence-electron chi connectivity index (χ0n) is 34.7. The summed E-state index contributed by atoms with van der Waals surface area (Å²) >= 11 is 0. The Morgan fingerprint density at radius 2 is 0.880 bits per heavy atom. The van der Waals surface area contributed by atoms with Gasteiger partial charge in [0.2, 0.25) is 0 Å². The predicted octanol–water partition coefficient (Wildman–Crippen LogP) is 13.9. The van der Waals surface area contributed by atoms with Gasteiger partial charge in [0.25, 0.3) is 0 Å². The Kier molecular flexibility index (Phi) is 38.3. The number of esters is 2. The first-order chi connectivity index (χ1) is 24.5. The van der Waals surface area contributed by atoms with E-state index in [1.807, 2.05) is 6.92 Å². The second kappa shape index (κ2) is 39.1. The topological polar surface area (TPSA) is 55.8 Å². The smallest absolute Gasteiger partial charge is 0.308 e. The highest BCUT2D eigenvalue weighted by atomic mass is 16.5. The van der Waals surface area contributed by atoms with Crippen molar-refractivity contribution in [2.45, 2.75) is 246 Å². The Bertz CT molecular complexity index is 697. The van der Waals surface area contributed by atoms with Gasteiger partial charge in [0.15, 0.2) is 0 Å². The van der Waals surface area contributed by atoms with Crippen molar-refractivity contribution in [2.75, 3.05) is 26.2 Å². The monoisotopic (exact) mass is 708 g/mol. The SMILES string of the molecule is CCCCCCCCCOC(=O)C(C)CCCCCCN(CC)CCCCCCCC(=O)OC(CCCCCCCC)CCCCCCCC. The molecule has 0 spiro atoms. The Morgan fingerprint density at radius 3 is 1.36 bits per heavy atom. The second-order valence-corrected chi connectivity index (χ2v) is 15.6. The third-order valence-electron chi connectivity index (χ3n) is 10.6. The van der Waals surface area contributed by atoms with E-state index in [4.69, 9.17) is 9.47 Å². The van der Waals surface area contributed by atoms with E-state index < -0.39 is 0 Å². The van der Waals surface area contributed by atoms with Crippen LogP contribution in [0.1, 0.15) is 240 Å². The van der Waals surface area contributed by atoms with Crippen LogP contribution in [0.15, 0.2) is 0 Å². The van der Waals surface area contributed by atoms with E-state index in [1.54, 1.807) is 0 Å². The number of ether oxygens (including phenoxy) is 2. The summed E-state index contributed by atoms with van der Waals surface area (Å²) in [6.07, 6.45) is 38.6. The summed E-state index contributed by atoms with van der Waals surface area (Å²) in [4.78, 5) is 27.6. The molecule has 298 valence electrons. The largest absolute Gasteiger partial charge is 0.465 e. The number of hydrogen-bond donors (Lipinski definition) is 0. The van der Waals surface area contributed by atoms with Crippen molar-refractivity contribution in [2.24, 2.45) is 5.92 Å². The molecule has 0 aromatic carbocycles. The van der Waals surface area contributed by atoms with Crippen molar-refractivity contribution in [1.29, 1.82) is 0 Å². The fourth-order valence-corrected chi connectivity index (χ4v) is 7.01. The Hall–Kier alpha value is -1.10. The van der Waals surface area contributed by atoms with Crippen LogP contribution in [0.25, 0.3) is 0 Å². The maximum absolute atomic E-state index is 12.7. The van der Waals surface area contributed by atoms with Crippen LogP contribution in [-0.2, 0) is 19.1 Å². The maximum atomic E-state index is 12.7. The molecule has 1 atom stereocenters. The third kappa shape index (κ3) is 34.0. The average Bonchev–Trinajstić information content (AvgIpc) is 3.11. The Labute approximate surface area is 313 Å². The van der Waals surface area contributed by atoms with Gasteiger partial charge < -0.3 is 14.4 Å². The van der Waals surface area contributed by atoms with E-state index in [0.717, 1.165) is 51.5 Å². The van der Waals surface area contributed by atoms with Crippen molar-refractivity contribution in [3.63, 3.8) is 0 Å². The van der Waals surface area contributed by atoms with Gasteiger partial charge in [-0.05, 0) is 77.4 Å². The van der Waals surface area contributed by atoms with E-state index in [-0.39, 0.29) is 24.0 Å². The van der Waals surface area contributed by atoms with Crippen LogP contribution in [0.5, 0.6) is 0 Å². The van der Waals surface area contributed by atoms with Gasteiger partial charge in [0.05, 0.1) is 12.5 Å². The first-order valence-electron chi connectivity index (χ1n) is 22.6. The quantitative estimate of drug-likeness (QED) is 0.0469. The maximum Gasteiger partial charge on any atom is 0.308 e. The predicted molar refractivity (Wildman–Crippen MR) is 217 cm³/mol. The van der Waals surface area contributed by atoms with Crippen LogP contribution in [0.4, 0.5) is 0 Å². The summed E-state index contributed by atoms with van der Waals surface area (Å²) in [6.45, 7) is 15.2. The van der Waals surface area contributed by atoms with Gasteiger partial charge >= 0.3 is 11.9 Å². The minimum atomic E-state index is -0.000631. The molecule has 5 heteroatoms. The highest BCUT2D eigenvalue weighted by Gasteiger charge is 2.15. The van der Waals surface area contributed by atoms with E-state index in [2.05, 4.69) is 32.6 Å². The first-order valence-corrected chi connectivity index (χ1v) is 22.6. The summed E-state index contributed by atoms with van der Waals surface area (Å²) < 4.78 is 11.6. The fraction of sp³-hybridized carbons (Fsp3) is 0.956. The van der Waals surface area contributed by atoms with Crippen LogP contribution in [0.2, 0.25) is 0 Å². The van der Waals surface area contributed by atoms with Crippen LogP contribution in [0, 0.1) is 5.92 Å². The fourth-order valence-electron chi connectivity index (χ4n) is 7.01. The van der Waals surface area contributed by atoms with Crippen molar-refractivity contribution < 1.29 is 19.1 Å². The second-order valence-electron chi connectivity index (χ2n) is 15.6. The summed E-state index contributed by atoms with van der Waals surface area (Å²) in [5.74, 6) is 0.0655. The lowest BCUT2D eigenvalue weighted by atomic mass is 10.0. The zero-order valence-corrected chi connectivity index (χ0v) is 34.7. The van der Waals surface area contributed by atoms with Crippen molar-refractivity contribution in [3.8, 4) is 0 Å². The molecule has 0 bridgehead atoms. The molecule has 0 saturated carbocycles. The van der Waals surface area contributed by atoms with Crippen molar-refractivity contribution in [1.82, 2.24) is 4.90 Å². The molecule has 0 amide bonds. The Balaban J connectivity index is 3.93. The van der Waals surface area contributed by atoms with Gasteiger partial charge in [-0.3, -0.25) is 9.59 Å². The lowest BCUT2D eigenvalue weighted by molar-refractivity contribution is -0.150. The molecule has 0 radical (unpaired) electrons. The molecule has 0 rings (SSSR count). The van der Waals surface area contributed by atoms with Crippen LogP contribution in [0.3, 0.4) is 0 Å². The number of rotatable bonds is 40. The molecule has 0 N–H and O–H groups in total. The molecule has 0 aliphatic heterocycles. The normalized spacial score (nSPS) is 12.2. The van der Waals surface area contributed by atoms with Crippen LogP contribution >= 0.6 is 0 Å². The van der Waals surface area contributed by atoms with Gasteiger partial charge in [-0.15, -0.1) is 0 Å². The molecule has 0 aliphatic carbocycles. The molecule has 5 nitrogen and oxygen atoms in total. The molecule has 0 fully saturated rings. The van der Waals surface area contributed by atoms with Crippen LogP contribution < -0.4 is 0 Å². The standard InChI is InChI=1S/C45H89NO4/c1-6-10-13-16-19-27-34-41-49-45(48)42(5)35-28-24-26-33-40-46(9-4)39-32-25-20-23-31-38-44(47)50-43(36-29-21-17-14-11-7-2)37-30-22-18-15-12-8-3/h42-43H,6-41H2,1-5H3. The highest BCUT2D eigenvalue weighted by Crippen LogP contribution is 2.19. The number of unbranched alkanes of at least 4 members (excludes halogenated alkanes) is 23. The molecule has 0 saturated heterocycles. The summed E-state index contributed by atoms with van der Waals surface area (Å²) in [7, 11) is 0. The molecule has 1 unspecified atom stereocenters. The summed E-state index contributed by atoms with van der Waals surface area (Å²) in [5.41, 5.74) is 0. The summed E-state index contributed by atoms with van der Waals surface area (Å²) in [6, 6.07) is 0. The number of carbonyl (C=O) groups is 2. The minimum absolute atomic E-state index is 0.000631. The summed E-state index contributed by atoms with van der Waals surface area (Å²) in [5, 5.41) is 0. The third-order valence-corrected chi connectivity index (χ3v) is 10.6. The van der Waals surface area contributed by atoms with Gasteiger partial charge in [-0.25, -0.2) is 0 Å². The number of hydrogen-bond acceptors (Lipinski definition) is 5. The van der Waals surface area contributed by atoms with Crippen molar-refractivity contribution in [3.05, 3.63) is 0 Å². The molecule has 0 aromatic rings.